The third-order valence-electron chi connectivity index (χ3n) is 5.29. The summed E-state index contributed by atoms with van der Waals surface area (Å²) in [5.41, 5.74) is 1.36. The molecule has 1 aliphatic rings. The Morgan fingerprint density at radius 3 is 2.63 bits per heavy atom. The predicted molar refractivity (Wildman–Crippen MR) is 109 cm³/mol. The van der Waals surface area contributed by atoms with E-state index in [0.717, 1.165) is 37.9 Å². The number of amides is 1. The van der Waals surface area contributed by atoms with E-state index in [9.17, 15) is 9.59 Å². The van der Waals surface area contributed by atoms with Crippen LogP contribution in [0.4, 0.5) is 0 Å². The Kier molecular flexibility index (Phi) is 4.62. The summed E-state index contributed by atoms with van der Waals surface area (Å²) in [7, 11) is 0. The molecule has 30 heavy (non-hydrogen) atoms. The van der Waals surface area contributed by atoms with Crippen molar-refractivity contribution in [3.63, 3.8) is 0 Å². The molecular formula is C21H20N6O3. The lowest BCUT2D eigenvalue weighted by atomic mass is 10.1. The van der Waals surface area contributed by atoms with Gasteiger partial charge in [-0.25, -0.2) is 13.9 Å². The van der Waals surface area contributed by atoms with Crippen molar-refractivity contribution in [2.45, 2.75) is 25.8 Å². The van der Waals surface area contributed by atoms with Crippen molar-refractivity contribution in [1.82, 2.24) is 29.2 Å². The van der Waals surface area contributed by atoms with Gasteiger partial charge in [-0.3, -0.25) is 4.79 Å². The Labute approximate surface area is 171 Å². The second kappa shape index (κ2) is 7.58. The first-order chi connectivity index (χ1) is 14.7. The van der Waals surface area contributed by atoms with Crippen molar-refractivity contribution in [2.75, 3.05) is 13.1 Å². The van der Waals surface area contributed by atoms with Crippen molar-refractivity contribution in [3.05, 3.63) is 59.1 Å². The highest BCUT2D eigenvalue weighted by Crippen LogP contribution is 2.24. The van der Waals surface area contributed by atoms with Crippen LogP contribution in [0.15, 0.2) is 58.0 Å². The summed E-state index contributed by atoms with van der Waals surface area (Å²) in [6.07, 6.45) is 4.74. The number of fused-ring (bicyclic) bond motifs is 1. The molecule has 4 aromatic rings. The maximum absolute atomic E-state index is 12.8. The first kappa shape index (κ1) is 18.3. The molecule has 0 unspecified atom stereocenters. The number of likely N-dealkylation sites (tertiary alicyclic amines) is 1. The number of nitrogens with zero attached hydrogens (tertiary/aromatic N) is 6. The van der Waals surface area contributed by atoms with E-state index in [1.165, 1.54) is 9.08 Å². The number of carbonyl (C=O) groups is 1. The second-order valence-electron chi connectivity index (χ2n) is 7.29. The summed E-state index contributed by atoms with van der Waals surface area (Å²) in [5, 5.41) is 8.44. The number of piperidine rings is 1. The van der Waals surface area contributed by atoms with E-state index >= 15 is 0 Å². The molecule has 9 heteroatoms. The molecule has 4 heterocycles. The largest absolute Gasteiger partial charge is 0.350 e. The quantitative estimate of drug-likeness (QED) is 0.517. The molecule has 0 atom stereocenters. The zero-order valence-electron chi connectivity index (χ0n) is 16.3. The molecule has 0 spiro atoms. The van der Waals surface area contributed by atoms with E-state index < -0.39 is 0 Å². The highest BCUT2D eigenvalue weighted by Gasteiger charge is 2.21. The fourth-order valence-corrected chi connectivity index (χ4v) is 3.72. The lowest BCUT2D eigenvalue weighted by Crippen LogP contribution is -2.39. The Hall–Kier alpha value is -3.75. The van der Waals surface area contributed by atoms with Gasteiger partial charge < -0.3 is 9.42 Å². The Morgan fingerprint density at radius 2 is 1.83 bits per heavy atom. The second-order valence-corrected chi connectivity index (χ2v) is 7.29. The fraction of sp³-hybridized carbons (Fsp3) is 0.286. The Bertz CT molecular complexity index is 1250. The summed E-state index contributed by atoms with van der Waals surface area (Å²) in [6, 6.07) is 13.0. The van der Waals surface area contributed by atoms with Gasteiger partial charge in [0.15, 0.2) is 5.65 Å². The average molecular weight is 404 g/mol. The van der Waals surface area contributed by atoms with Crippen LogP contribution < -0.4 is 5.69 Å². The number of benzene rings is 1. The minimum atomic E-state index is -0.375. The molecular weight excluding hydrogens is 384 g/mol. The zero-order valence-corrected chi connectivity index (χ0v) is 16.3. The van der Waals surface area contributed by atoms with Gasteiger partial charge in [-0.15, -0.1) is 5.10 Å². The molecule has 9 nitrogen and oxygen atoms in total. The minimum Gasteiger partial charge on any atom is -0.341 e. The van der Waals surface area contributed by atoms with Gasteiger partial charge in [0.05, 0.1) is 5.56 Å². The number of hydrogen-bond acceptors (Lipinski definition) is 6. The van der Waals surface area contributed by atoms with Crippen LogP contribution in [0.2, 0.25) is 0 Å². The number of carbonyl (C=O) groups excluding carboxylic acids is 1. The molecule has 1 saturated heterocycles. The third-order valence-corrected chi connectivity index (χ3v) is 5.29. The van der Waals surface area contributed by atoms with Gasteiger partial charge in [-0.1, -0.05) is 35.5 Å². The number of aromatic nitrogens is 5. The Morgan fingerprint density at radius 1 is 1.03 bits per heavy atom. The van der Waals surface area contributed by atoms with Gasteiger partial charge in [0, 0.05) is 24.8 Å². The van der Waals surface area contributed by atoms with Crippen molar-refractivity contribution in [1.29, 1.82) is 0 Å². The molecule has 0 bridgehead atoms. The third kappa shape index (κ3) is 3.28. The van der Waals surface area contributed by atoms with Crippen molar-refractivity contribution in [2.24, 2.45) is 0 Å². The van der Waals surface area contributed by atoms with Crippen LogP contribution in [0.25, 0.3) is 28.5 Å². The van der Waals surface area contributed by atoms with Crippen molar-refractivity contribution in [3.8, 4) is 22.8 Å². The summed E-state index contributed by atoms with van der Waals surface area (Å²) >= 11 is 0. The highest BCUT2D eigenvalue weighted by atomic mass is 16.5. The van der Waals surface area contributed by atoms with Crippen molar-refractivity contribution < 1.29 is 9.32 Å². The van der Waals surface area contributed by atoms with Gasteiger partial charge >= 0.3 is 5.69 Å². The fourth-order valence-electron chi connectivity index (χ4n) is 3.72. The molecule has 1 amide bonds. The van der Waals surface area contributed by atoms with E-state index in [-0.39, 0.29) is 24.0 Å². The SMILES string of the molecule is O=C(Cn1nc2c(-c3nc(-c4ccccc4)no3)cccn2c1=O)N1CCCCC1. The number of rotatable bonds is 4. The topological polar surface area (TPSA) is 98.5 Å². The van der Waals surface area contributed by atoms with Crippen LogP contribution in [0.5, 0.6) is 0 Å². The van der Waals surface area contributed by atoms with E-state index in [1.807, 2.05) is 30.3 Å². The summed E-state index contributed by atoms with van der Waals surface area (Å²) in [5.74, 6) is 0.625. The van der Waals surface area contributed by atoms with Crippen LogP contribution in [-0.4, -0.2) is 48.2 Å². The van der Waals surface area contributed by atoms with Gasteiger partial charge in [0.25, 0.3) is 5.89 Å². The van der Waals surface area contributed by atoms with Gasteiger partial charge in [-0.05, 0) is 31.4 Å². The molecule has 5 rings (SSSR count). The lowest BCUT2D eigenvalue weighted by molar-refractivity contribution is -0.133. The molecule has 152 valence electrons. The average Bonchev–Trinajstić information content (AvgIpc) is 3.41. The van der Waals surface area contributed by atoms with E-state index in [4.69, 9.17) is 4.52 Å². The van der Waals surface area contributed by atoms with Crippen LogP contribution in [0.3, 0.4) is 0 Å². The predicted octanol–water partition coefficient (Wildman–Crippen LogP) is 2.23. The van der Waals surface area contributed by atoms with Crippen LogP contribution in [0, 0.1) is 0 Å². The van der Waals surface area contributed by atoms with Gasteiger partial charge in [0.1, 0.15) is 6.54 Å². The maximum atomic E-state index is 12.8. The first-order valence-electron chi connectivity index (χ1n) is 9.96. The lowest BCUT2D eigenvalue weighted by Gasteiger charge is -2.26. The molecule has 0 saturated carbocycles. The Balaban J connectivity index is 1.49. The van der Waals surface area contributed by atoms with Crippen LogP contribution >= 0.6 is 0 Å². The van der Waals surface area contributed by atoms with E-state index in [2.05, 4.69) is 15.2 Å². The molecule has 0 N–H and O–H groups in total. The van der Waals surface area contributed by atoms with E-state index in [0.29, 0.717) is 17.0 Å². The summed E-state index contributed by atoms with van der Waals surface area (Å²) in [4.78, 5) is 31.6. The summed E-state index contributed by atoms with van der Waals surface area (Å²) < 4.78 is 8.03. The smallest absolute Gasteiger partial charge is 0.341 e. The molecule has 1 fully saturated rings. The standard InChI is InChI=1S/C21H20N6O3/c28-17(25-11-5-2-6-12-25)14-27-21(29)26-13-7-10-16(19(26)23-27)20-22-18(24-30-20)15-8-3-1-4-9-15/h1,3-4,7-10,13H,2,5-6,11-12,14H2. The minimum absolute atomic E-state index is 0.0843. The van der Waals surface area contributed by atoms with Crippen molar-refractivity contribution >= 4 is 11.6 Å². The first-order valence-corrected chi connectivity index (χ1v) is 9.96. The van der Waals surface area contributed by atoms with Crippen LogP contribution in [0.1, 0.15) is 19.3 Å². The normalized spacial score (nSPS) is 14.3. The molecule has 0 aliphatic carbocycles. The van der Waals surface area contributed by atoms with Crippen LogP contribution in [-0.2, 0) is 11.3 Å². The monoisotopic (exact) mass is 404 g/mol. The molecule has 3 aromatic heterocycles. The molecule has 1 aliphatic heterocycles. The maximum Gasteiger partial charge on any atom is 0.350 e. The number of hydrogen-bond donors (Lipinski definition) is 0. The van der Waals surface area contributed by atoms with Gasteiger partial charge in [-0.2, -0.15) is 4.98 Å². The van der Waals surface area contributed by atoms with E-state index in [1.54, 1.807) is 23.2 Å². The zero-order chi connectivity index (χ0) is 20.5. The molecule has 0 radical (unpaired) electrons. The molecule has 1 aromatic carbocycles. The van der Waals surface area contributed by atoms with Gasteiger partial charge in [0.2, 0.25) is 11.7 Å². The number of pyridine rings is 1. The highest BCUT2D eigenvalue weighted by molar-refractivity contribution is 5.76. The summed E-state index contributed by atoms with van der Waals surface area (Å²) in [6.45, 7) is 1.38.